The first-order valence-corrected chi connectivity index (χ1v) is 6.07. The minimum atomic E-state index is -0.233. The van der Waals surface area contributed by atoms with Crippen LogP contribution >= 0.6 is 11.6 Å². The Morgan fingerprint density at radius 3 is 2.69 bits per heavy atom. The molecule has 0 aliphatic rings. The van der Waals surface area contributed by atoms with Gasteiger partial charge in [0, 0.05) is 5.02 Å². The van der Waals surface area contributed by atoms with Crippen LogP contribution in [0.15, 0.2) is 12.1 Å². The predicted octanol–water partition coefficient (Wildman–Crippen LogP) is 3.71. The minimum absolute atomic E-state index is 0.233. The largest absolute Gasteiger partial charge is 0.330 e. The van der Waals surface area contributed by atoms with Crippen molar-refractivity contribution in [3.05, 3.63) is 34.1 Å². The fourth-order valence-corrected chi connectivity index (χ4v) is 1.98. The maximum Gasteiger partial charge on any atom is 0.127 e. The highest BCUT2D eigenvalue weighted by Crippen LogP contribution is 2.23. The number of rotatable bonds is 5. The Labute approximate surface area is 102 Å². The Morgan fingerprint density at radius 2 is 2.06 bits per heavy atom. The van der Waals surface area contributed by atoms with Gasteiger partial charge in [0.05, 0.1) is 0 Å². The van der Waals surface area contributed by atoms with Crippen LogP contribution in [0, 0.1) is 18.7 Å². The van der Waals surface area contributed by atoms with Crippen molar-refractivity contribution in [3.8, 4) is 0 Å². The fourth-order valence-electron chi connectivity index (χ4n) is 1.74. The number of hydrogen-bond donors (Lipinski definition) is 1. The SMILES string of the molecule is Cc1cc(CCC(C)CCN)c(Cl)cc1F. The summed E-state index contributed by atoms with van der Waals surface area (Å²) in [5.74, 6) is 0.357. The molecule has 1 aromatic carbocycles. The van der Waals surface area contributed by atoms with Gasteiger partial charge >= 0.3 is 0 Å². The molecule has 90 valence electrons. The van der Waals surface area contributed by atoms with Gasteiger partial charge in [-0.3, -0.25) is 0 Å². The number of nitrogens with two attached hydrogens (primary N) is 1. The van der Waals surface area contributed by atoms with Crippen molar-refractivity contribution in [2.45, 2.75) is 33.1 Å². The Balaban J connectivity index is 2.63. The highest BCUT2D eigenvalue weighted by atomic mass is 35.5. The molecule has 1 unspecified atom stereocenters. The van der Waals surface area contributed by atoms with E-state index in [1.54, 1.807) is 6.92 Å². The minimum Gasteiger partial charge on any atom is -0.330 e. The van der Waals surface area contributed by atoms with Crippen molar-refractivity contribution in [2.24, 2.45) is 11.7 Å². The summed E-state index contributed by atoms with van der Waals surface area (Å²) in [7, 11) is 0. The van der Waals surface area contributed by atoms with E-state index in [9.17, 15) is 4.39 Å². The number of aryl methyl sites for hydroxylation is 2. The molecular formula is C13H19ClFN. The molecule has 2 N–H and O–H groups in total. The van der Waals surface area contributed by atoms with Crippen LogP contribution in [0.2, 0.25) is 5.02 Å². The monoisotopic (exact) mass is 243 g/mol. The first kappa shape index (κ1) is 13.5. The molecule has 0 spiro atoms. The van der Waals surface area contributed by atoms with E-state index in [0.29, 0.717) is 16.5 Å². The van der Waals surface area contributed by atoms with Crippen LogP contribution in [0.5, 0.6) is 0 Å². The van der Waals surface area contributed by atoms with Crippen LogP contribution in [-0.4, -0.2) is 6.54 Å². The first-order chi connectivity index (χ1) is 7.54. The molecule has 3 heteroatoms. The van der Waals surface area contributed by atoms with Crippen molar-refractivity contribution in [1.29, 1.82) is 0 Å². The third-order valence-corrected chi connectivity index (χ3v) is 3.25. The van der Waals surface area contributed by atoms with E-state index >= 15 is 0 Å². The molecule has 0 aromatic heterocycles. The van der Waals surface area contributed by atoms with Gasteiger partial charge in [0.15, 0.2) is 0 Å². The molecule has 0 heterocycles. The highest BCUT2D eigenvalue weighted by Gasteiger charge is 2.07. The lowest BCUT2D eigenvalue weighted by Crippen LogP contribution is -2.06. The van der Waals surface area contributed by atoms with Gasteiger partial charge in [-0.25, -0.2) is 4.39 Å². The summed E-state index contributed by atoms with van der Waals surface area (Å²) in [5, 5.41) is 0.531. The zero-order chi connectivity index (χ0) is 12.1. The molecule has 1 rings (SSSR count). The highest BCUT2D eigenvalue weighted by molar-refractivity contribution is 6.31. The standard InChI is InChI=1S/C13H19ClFN/c1-9(5-6-16)3-4-11-7-10(2)13(15)8-12(11)14/h7-9H,3-6,16H2,1-2H3. The fraction of sp³-hybridized carbons (Fsp3) is 0.538. The summed E-state index contributed by atoms with van der Waals surface area (Å²) in [4.78, 5) is 0. The molecule has 0 radical (unpaired) electrons. The topological polar surface area (TPSA) is 26.0 Å². The second-order valence-electron chi connectivity index (χ2n) is 4.41. The molecule has 0 aliphatic heterocycles. The first-order valence-electron chi connectivity index (χ1n) is 5.69. The Bertz CT molecular complexity index is 352. The third kappa shape index (κ3) is 3.76. The third-order valence-electron chi connectivity index (χ3n) is 2.89. The molecule has 0 amide bonds. The maximum absolute atomic E-state index is 13.2. The van der Waals surface area contributed by atoms with Gasteiger partial charge < -0.3 is 5.73 Å². The van der Waals surface area contributed by atoms with Crippen LogP contribution < -0.4 is 5.73 Å². The van der Waals surface area contributed by atoms with E-state index in [1.807, 2.05) is 6.07 Å². The average molecular weight is 244 g/mol. The molecule has 0 saturated carbocycles. The normalized spacial score (nSPS) is 12.8. The molecule has 1 aromatic rings. The zero-order valence-electron chi connectivity index (χ0n) is 9.89. The summed E-state index contributed by atoms with van der Waals surface area (Å²) < 4.78 is 13.2. The summed E-state index contributed by atoms with van der Waals surface area (Å²) in [6.07, 6.45) is 2.96. The van der Waals surface area contributed by atoms with Gasteiger partial charge in [-0.05, 0) is 55.8 Å². The van der Waals surface area contributed by atoms with Gasteiger partial charge in [-0.1, -0.05) is 24.6 Å². The van der Waals surface area contributed by atoms with Crippen molar-refractivity contribution < 1.29 is 4.39 Å². The van der Waals surface area contributed by atoms with Crippen LogP contribution in [-0.2, 0) is 6.42 Å². The van der Waals surface area contributed by atoms with Crippen LogP contribution in [0.4, 0.5) is 4.39 Å². The molecule has 1 nitrogen and oxygen atoms in total. The zero-order valence-corrected chi connectivity index (χ0v) is 10.6. The molecular weight excluding hydrogens is 225 g/mol. The number of benzene rings is 1. The lowest BCUT2D eigenvalue weighted by molar-refractivity contribution is 0.499. The quantitative estimate of drug-likeness (QED) is 0.839. The predicted molar refractivity (Wildman–Crippen MR) is 67.3 cm³/mol. The summed E-state index contributed by atoms with van der Waals surface area (Å²) >= 11 is 6.00. The van der Waals surface area contributed by atoms with Crippen molar-refractivity contribution in [3.63, 3.8) is 0 Å². The Kier molecular flexibility index (Phi) is 5.23. The number of halogens is 2. The molecule has 0 saturated heterocycles. The van der Waals surface area contributed by atoms with E-state index in [4.69, 9.17) is 17.3 Å². The lowest BCUT2D eigenvalue weighted by Gasteiger charge is -2.11. The van der Waals surface area contributed by atoms with E-state index in [-0.39, 0.29) is 5.82 Å². The van der Waals surface area contributed by atoms with Gasteiger partial charge in [0.1, 0.15) is 5.82 Å². The lowest BCUT2D eigenvalue weighted by atomic mass is 9.97. The smallest absolute Gasteiger partial charge is 0.127 e. The van der Waals surface area contributed by atoms with E-state index < -0.39 is 0 Å². The maximum atomic E-state index is 13.2. The Hall–Kier alpha value is -0.600. The van der Waals surface area contributed by atoms with Crippen molar-refractivity contribution in [2.75, 3.05) is 6.54 Å². The van der Waals surface area contributed by atoms with Gasteiger partial charge in [-0.2, -0.15) is 0 Å². The van der Waals surface area contributed by atoms with Crippen LogP contribution in [0.1, 0.15) is 30.9 Å². The van der Waals surface area contributed by atoms with Crippen molar-refractivity contribution in [1.82, 2.24) is 0 Å². The van der Waals surface area contributed by atoms with E-state index in [2.05, 4.69) is 6.92 Å². The molecule has 0 fully saturated rings. The summed E-state index contributed by atoms with van der Waals surface area (Å²) in [5.41, 5.74) is 7.19. The second kappa shape index (κ2) is 6.21. The van der Waals surface area contributed by atoms with Gasteiger partial charge in [0.2, 0.25) is 0 Å². The molecule has 0 bridgehead atoms. The van der Waals surface area contributed by atoms with E-state index in [1.165, 1.54) is 6.07 Å². The summed E-state index contributed by atoms with van der Waals surface area (Å²) in [6.45, 7) is 4.66. The molecule has 1 atom stereocenters. The van der Waals surface area contributed by atoms with Crippen LogP contribution in [0.25, 0.3) is 0 Å². The van der Waals surface area contributed by atoms with E-state index in [0.717, 1.165) is 31.4 Å². The summed E-state index contributed by atoms with van der Waals surface area (Å²) in [6, 6.07) is 3.24. The van der Waals surface area contributed by atoms with Gasteiger partial charge in [-0.15, -0.1) is 0 Å². The second-order valence-corrected chi connectivity index (χ2v) is 4.82. The number of hydrogen-bond acceptors (Lipinski definition) is 1. The average Bonchev–Trinajstić information content (AvgIpc) is 2.22. The van der Waals surface area contributed by atoms with Crippen molar-refractivity contribution >= 4 is 11.6 Å². The van der Waals surface area contributed by atoms with Gasteiger partial charge in [0.25, 0.3) is 0 Å². The van der Waals surface area contributed by atoms with Crippen LogP contribution in [0.3, 0.4) is 0 Å². The molecule has 0 aliphatic carbocycles. The Morgan fingerprint density at radius 1 is 1.38 bits per heavy atom. The molecule has 16 heavy (non-hydrogen) atoms.